The van der Waals surface area contributed by atoms with Crippen LogP contribution in [-0.2, 0) is 6.54 Å². The number of nitrogens with zero attached hydrogens (tertiary/aromatic N) is 2. The van der Waals surface area contributed by atoms with Crippen LogP contribution in [-0.4, -0.2) is 29.0 Å². The lowest BCUT2D eigenvalue weighted by Gasteiger charge is -2.13. The first-order valence-corrected chi connectivity index (χ1v) is 6.54. The van der Waals surface area contributed by atoms with Gasteiger partial charge in [0.15, 0.2) is 0 Å². The lowest BCUT2D eigenvalue weighted by molar-refractivity contribution is 0.312. The fourth-order valence-corrected chi connectivity index (χ4v) is 2.97. The molecule has 1 aromatic rings. The first kappa shape index (κ1) is 11.0. The molecule has 2 N–H and O–H groups in total. The lowest BCUT2D eigenvalue weighted by Crippen LogP contribution is -2.29. The van der Waals surface area contributed by atoms with E-state index in [1.165, 1.54) is 17.8 Å². The predicted molar refractivity (Wildman–Crippen MR) is 63.8 cm³/mol. The van der Waals surface area contributed by atoms with Crippen molar-refractivity contribution in [2.75, 3.05) is 13.1 Å². The van der Waals surface area contributed by atoms with E-state index >= 15 is 0 Å². The normalized spacial score (nSPS) is 27.3. The predicted octanol–water partition coefficient (Wildman–Crippen LogP) is 1.70. The maximum absolute atomic E-state index is 6.13. The molecule has 1 aliphatic heterocycles. The molecule has 1 aromatic heterocycles. The fourth-order valence-electron chi connectivity index (χ4n) is 2.32. The molecule has 1 fully saturated rings. The number of hydrogen-bond acceptors (Lipinski definition) is 4. The Morgan fingerprint density at radius 3 is 3.13 bits per heavy atom. The lowest BCUT2D eigenvalue weighted by atomic mass is 9.99. The standard InChI is InChI=1S/C11H19N3S/c1-2-3-9-6-14(7-10(9)12)8-11-13-4-5-15-11/h4-5,9-10H,2-3,6-8,12H2,1H3/t9-,10-/m0/s1. The molecule has 0 radical (unpaired) electrons. The summed E-state index contributed by atoms with van der Waals surface area (Å²) in [6.07, 6.45) is 4.37. The minimum Gasteiger partial charge on any atom is -0.326 e. The van der Waals surface area contributed by atoms with E-state index in [-0.39, 0.29) is 0 Å². The molecule has 1 saturated heterocycles. The minimum absolute atomic E-state index is 0.366. The number of likely N-dealkylation sites (tertiary alicyclic amines) is 1. The molecule has 2 atom stereocenters. The summed E-state index contributed by atoms with van der Waals surface area (Å²) in [6, 6.07) is 0.366. The molecule has 0 bridgehead atoms. The smallest absolute Gasteiger partial charge is 0.107 e. The van der Waals surface area contributed by atoms with Crippen LogP contribution in [0.3, 0.4) is 0 Å². The fraction of sp³-hybridized carbons (Fsp3) is 0.727. The average molecular weight is 225 g/mol. The number of thiazole rings is 1. The van der Waals surface area contributed by atoms with Crippen LogP contribution < -0.4 is 5.73 Å². The van der Waals surface area contributed by atoms with Crippen molar-refractivity contribution in [3.63, 3.8) is 0 Å². The van der Waals surface area contributed by atoms with Crippen molar-refractivity contribution in [2.24, 2.45) is 11.7 Å². The molecule has 15 heavy (non-hydrogen) atoms. The maximum atomic E-state index is 6.13. The molecule has 0 aromatic carbocycles. The minimum atomic E-state index is 0.366. The second-order valence-corrected chi connectivity index (χ2v) is 5.31. The zero-order chi connectivity index (χ0) is 10.7. The molecule has 0 amide bonds. The van der Waals surface area contributed by atoms with E-state index in [9.17, 15) is 0 Å². The number of rotatable bonds is 4. The summed E-state index contributed by atoms with van der Waals surface area (Å²) in [6.45, 7) is 5.39. The van der Waals surface area contributed by atoms with Crippen LogP contribution >= 0.6 is 11.3 Å². The van der Waals surface area contributed by atoms with Crippen molar-refractivity contribution in [1.82, 2.24) is 9.88 Å². The SMILES string of the molecule is CCC[C@H]1CN(Cc2nccs2)C[C@@H]1N. The van der Waals surface area contributed by atoms with Gasteiger partial charge in [0.05, 0.1) is 6.54 Å². The zero-order valence-corrected chi connectivity index (χ0v) is 10.0. The molecule has 84 valence electrons. The van der Waals surface area contributed by atoms with E-state index in [1.807, 2.05) is 11.6 Å². The van der Waals surface area contributed by atoms with Gasteiger partial charge >= 0.3 is 0 Å². The summed E-state index contributed by atoms with van der Waals surface area (Å²) in [5.74, 6) is 0.690. The van der Waals surface area contributed by atoms with Crippen molar-refractivity contribution in [3.05, 3.63) is 16.6 Å². The summed E-state index contributed by atoms with van der Waals surface area (Å²) in [7, 11) is 0. The van der Waals surface area contributed by atoms with Gasteiger partial charge in [-0.05, 0) is 12.3 Å². The van der Waals surface area contributed by atoms with E-state index in [2.05, 4.69) is 16.8 Å². The van der Waals surface area contributed by atoms with Crippen LogP contribution in [0.4, 0.5) is 0 Å². The van der Waals surface area contributed by atoms with E-state index in [4.69, 9.17) is 5.73 Å². The molecule has 3 nitrogen and oxygen atoms in total. The largest absolute Gasteiger partial charge is 0.326 e. The average Bonchev–Trinajstić information content (AvgIpc) is 2.79. The molecule has 4 heteroatoms. The van der Waals surface area contributed by atoms with Gasteiger partial charge in [0.25, 0.3) is 0 Å². The molecule has 0 unspecified atom stereocenters. The highest BCUT2D eigenvalue weighted by molar-refractivity contribution is 7.09. The first-order valence-electron chi connectivity index (χ1n) is 5.66. The van der Waals surface area contributed by atoms with Gasteiger partial charge in [-0.2, -0.15) is 0 Å². The first-order chi connectivity index (χ1) is 7.29. The van der Waals surface area contributed by atoms with Crippen molar-refractivity contribution in [2.45, 2.75) is 32.4 Å². The topological polar surface area (TPSA) is 42.2 Å². The van der Waals surface area contributed by atoms with Crippen molar-refractivity contribution in [1.29, 1.82) is 0 Å². The second-order valence-electron chi connectivity index (χ2n) is 4.33. The van der Waals surface area contributed by atoms with Crippen LogP contribution in [0.1, 0.15) is 24.8 Å². The third kappa shape index (κ3) is 2.77. The van der Waals surface area contributed by atoms with Gasteiger partial charge in [-0.1, -0.05) is 13.3 Å². The molecule has 0 saturated carbocycles. The van der Waals surface area contributed by atoms with Crippen LogP contribution in [0.15, 0.2) is 11.6 Å². The van der Waals surface area contributed by atoms with Gasteiger partial charge < -0.3 is 5.73 Å². The third-order valence-corrected chi connectivity index (χ3v) is 3.83. The Kier molecular flexibility index (Phi) is 3.72. The van der Waals surface area contributed by atoms with Crippen LogP contribution in [0, 0.1) is 5.92 Å². The van der Waals surface area contributed by atoms with Gasteiger partial charge in [-0.3, -0.25) is 4.90 Å². The zero-order valence-electron chi connectivity index (χ0n) is 9.22. The quantitative estimate of drug-likeness (QED) is 0.848. The molecule has 0 spiro atoms. The van der Waals surface area contributed by atoms with Crippen molar-refractivity contribution < 1.29 is 0 Å². The van der Waals surface area contributed by atoms with Crippen molar-refractivity contribution in [3.8, 4) is 0 Å². The summed E-state index contributed by atoms with van der Waals surface area (Å²) >= 11 is 1.73. The van der Waals surface area contributed by atoms with Gasteiger partial charge in [-0.15, -0.1) is 11.3 Å². The second kappa shape index (κ2) is 5.05. The van der Waals surface area contributed by atoms with E-state index in [1.54, 1.807) is 11.3 Å². The van der Waals surface area contributed by atoms with E-state index in [0.717, 1.165) is 19.6 Å². The molecule has 1 aliphatic rings. The van der Waals surface area contributed by atoms with Gasteiger partial charge in [-0.25, -0.2) is 4.98 Å². The highest BCUT2D eigenvalue weighted by Gasteiger charge is 2.29. The molecular formula is C11H19N3S. The Morgan fingerprint density at radius 1 is 1.60 bits per heavy atom. The molecule has 0 aliphatic carbocycles. The Bertz CT molecular complexity index is 286. The Labute approximate surface area is 95.3 Å². The van der Waals surface area contributed by atoms with E-state index < -0.39 is 0 Å². The summed E-state index contributed by atoms with van der Waals surface area (Å²) < 4.78 is 0. The molecule has 2 rings (SSSR count). The van der Waals surface area contributed by atoms with Crippen LogP contribution in [0.25, 0.3) is 0 Å². The molecular weight excluding hydrogens is 206 g/mol. The highest BCUT2D eigenvalue weighted by atomic mass is 32.1. The van der Waals surface area contributed by atoms with E-state index in [0.29, 0.717) is 12.0 Å². The van der Waals surface area contributed by atoms with Gasteiger partial charge in [0.1, 0.15) is 5.01 Å². The highest BCUT2D eigenvalue weighted by Crippen LogP contribution is 2.22. The van der Waals surface area contributed by atoms with Gasteiger partial charge in [0, 0.05) is 30.7 Å². The summed E-state index contributed by atoms with van der Waals surface area (Å²) in [4.78, 5) is 6.75. The maximum Gasteiger partial charge on any atom is 0.107 e. The Balaban J connectivity index is 1.86. The summed E-state index contributed by atoms with van der Waals surface area (Å²) in [5.41, 5.74) is 6.13. The monoisotopic (exact) mass is 225 g/mol. The Morgan fingerprint density at radius 2 is 2.47 bits per heavy atom. The number of aromatic nitrogens is 1. The third-order valence-electron chi connectivity index (χ3n) is 3.07. The summed E-state index contributed by atoms with van der Waals surface area (Å²) in [5, 5.41) is 3.24. The number of nitrogens with two attached hydrogens (primary N) is 1. The molecule has 2 heterocycles. The van der Waals surface area contributed by atoms with Gasteiger partial charge in [0.2, 0.25) is 0 Å². The Hall–Kier alpha value is -0.450. The number of hydrogen-bond donors (Lipinski definition) is 1. The van der Waals surface area contributed by atoms with Crippen molar-refractivity contribution >= 4 is 11.3 Å². The van der Waals surface area contributed by atoms with Crippen LogP contribution in [0.5, 0.6) is 0 Å². The van der Waals surface area contributed by atoms with Crippen LogP contribution in [0.2, 0.25) is 0 Å².